The predicted octanol–water partition coefficient (Wildman–Crippen LogP) is 0.551. The first-order valence-electron chi connectivity index (χ1n) is 4.36. The maximum atomic E-state index is 8.65. The van der Waals surface area contributed by atoms with Crippen LogP contribution in [0.3, 0.4) is 0 Å². The lowest BCUT2D eigenvalue weighted by Gasteiger charge is -2.01. The zero-order chi connectivity index (χ0) is 9.23. The second kappa shape index (κ2) is 8.71. The molecule has 0 spiro atoms. The first kappa shape index (κ1) is 11.6. The van der Waals surface area contributed by atoms with Crippen LogP contribution in [0.2, 0.25) is 0 Å². The van der Waals surface area contributed by atoms with Gasteiger partial charge in [0.25, 0.3) is 0 Å². The number of hydrogen-bond acceptors (Lipinski definition) is 3. The van der Waals surface area contributed by atoms with Gasteiger partial charge in [0.1, 0.15) is 0 Å². The minimum Gasteiger partial charge on any atom is -0.392 e. The van der Waals surface area contributed by atoms with E-state index in [1.165, 1.54) is 0 Å². The summed E-state index contributed by atoms with van der Waals surface area (Å²) in [6, 6.07) is 0. The molecule has 0 atom stereocenters. The van der Waals surface area contributed by atoms with Crippen molar-refractivity contribution < 1.29 is 9.84 Å². The third kappa shape index (κ3) is 7.72. The summed E-state index contributed by atoms with van der Waals surface area (Å²) in [7, 11) is 0. The van der Waals surface area contributed by atoms with Gasteiger partial charge in [-0.05, 0) is 13.8 Å². The summed E-state index contributed by atoms with van der Waals surface area (Å²) in [5.41, 5.74) is 0.999. The van der Waals surface area contributed by atoms with Gasteiger partial charge in [0.2, 0.25) is 0 Å². The molecule has 0 radical (unpaired) electrons. The zero-order valence-electron chi connectivity index (χ0n) is 7.97. The molecule has 2 N–H and O–H groups in total. The van der Waals surface area contributed by atoms with Gasteiger partial charge in [0.05, 0.1) is 13.2 Å². The molecule has 3 heteroatoms. The Balaban J connectivity index is 3.10. The van der Waals surface area contributed by atoms with Crippen molar-refractivity contribution in [1.29, 1.82) is 0 Å². The molecule has 0 unspecified atom stereocenters. The summed E-state index contributed by atoms with van der Waals surface area (Å²) in [5.74, 6) is 0. The highest BCUT2D eigenvalue weighted by Gasteiger charge is 1.86. The minimum atomic E-state index is 0.146. The van der Waals surface area contributed by atoms with Crippen molar-refractivity contribution in [3.63, 3.8) is 0 Å². The van der Waals surface area contributed by atoms with E-state index in [-0.39, 0.29) is 6.61 Å². The summed E-state index contributed by atoms with van der Waals surface area (Å²) in [6.45, 7) is 7.23. The van der Waals surface area contributed by atoms with Gasteiger partial charge >= 0.3 is 0 Å². The number of aliphatic hydroxyl groups excluding tert-OH is 1. The molecule has 0 aliphatic rings. The van der Waals surface area contributed by atoms with Gasteiger partial charge in [-0.3, -0.25) is 0 Å². The summed E-state index contributed by atoms with van der Waals surface area (Å²) in [6.07, 6.45) is 1.98. The first-order valence-corrected chi connectivity index (χ1v) is 4.36. The summed E-state index contributed by atoms with van der Waals surface area (Å²) in [5, 5.41) is 11.8. The first-order chi connectivity index (χ1) is 5.81. The van der Waals surface area contributed by atoms with Crippen LogP contribution < -0.4 is 5.32 Å². The van der Waals surface area contributed by atoms with E-state index in [9.17, 15) is 0 Å². The van der Waals surface area contributed by atoms with E-state index in [0.717, 1.165) is 31.9 Å². The summed E-state index contributed by atoms with van der Waals surface area (Å²) >= 11 is 0. The molecule has 0 aromatic heterocycles. The molecule has 3 nitrogen and oxygen atoms in total. The minimum absolute atomic E-state index is 0.146. The van der Waals surface area contributed by atoms with Crippen molar-refractivity contribution in [2.24, 2.45) is 0 Å². The van der Waals surface area contributed by atoms with Crippen LogP contribution in [-0.2, 0) is 4.74 Å². The Kier molecular flexibility index (Phi) is 8.44. The molecule has 0 heterocycles. The van der Waals surface area contributed by atoms with Gasteiger partial charge in [-0.2, -0.15) is 0 Å². The average molecular weight is 173 g/mol. The fraction of sp³-hybridized carbons (Fsp3) is 0.778. The molecule has 0 aliphatic heterocycles. The Morgan fingerprint density at radius 1 is 1.58 bits per heavy atom. The molecular formula is C9H19NO2. The zero-order valence-corrected chi connectivity index (χ0v) is 7.97. The molecule has 0 fully saturated rings. The largest absolute Gasteiger partial charge is 0.392 e. The van der Waals surface area contributed by atoms with Gasteiger partial charge in [0, 0.05) is 19.7 Å². The predicted molar refractivity (Wildman–Crippen MR) is 50.2 cm³/mol. The van der Waals surface area contributed by atoms with Crippen molar-refractivity contribution in [2.75, 3.05) is 32.9 Å². The average Bonchev–Trinajstić information content (AvgIpc) is 2.10. The highest BCUT2D eigenvalue weighted by molar-refractivity contribution is 4.98. The topological polar surface area (TPSA) is 41.5 Å². The maximum Gasteiger partial charge on any atom is 0.0639 e. The number of hydrogen-bond donors (Lipinski definition) is 2. The Morgan fingerprint density at radius 2 is 2.33 bits per heavy atom. The van der Waals surface area contributed by atoms with Gasteiger partial charge in [-0.15, -0.1) is 0 Å². The van der Waals surface area contributed by atoms with E-state index in [1.54, 1.807) is 0 Å². The van der Waals surface area contributed by atoms with Crippen LogP contribution in [0.5, 0.6) is 0 Å². The number of aliphatic hydroxyl groups is 1. The Bertz CT molecular complexity index is 124. The number of rotatable bonds is 7. The highest BCUT2D eigenvalue weighted by atomic mass is 16.5. The third-order valence-corrected chi connectivity index (χ3v) is 1.47. The van der Waals surface area contributed by atoms with E-state index in [1.807, 2.05) is 19.9 Å². The normalized spacial score (nSPS) is 12.1. The lowest BCUT2D eigenvalue weighted by Crippen LogP contribution is -2.19. The number of ether oxygens (including phenoxy) is 1. The van der Waals surface area contributed by atoms with Crippen LogP contribution in [0.15, 0.2) is 11.6 Å². The molecule has 0 amide bonds. The van der Waals surface area contributed by atoms with E-state index in [0.29, 0.717) is 0 Å². The van der Waals surface area contributed by atoms with E-state index >= 15 is 0 Å². The van der Waals surface area contributed by atoms with Gasteiger partial charge < -0.3 is 15.2 Å². The number of nitrogens with one attached hydrogen (secondary N) is 1. The Morgan fingerprint density at radius 3 is 2.92 bits per heavy atom. The van der Waals surface area contributed by atoms with Gasteiger partial charge in [-0.25, -0.2) is 0 Å². The maximum absolute atomic E-state index is 8.65. The summed E-state index contributed by atoms with van der Waals surface area (Å²) < 4.78 is 5.13. The smallest absolute Gasteiger partial charge is 0.0639 e. The lowest BCUT2D eigenvalue weighted by atomic mass is 10.3. The molecular weight excluding hydrogens is 154 g/mol. The molecule has 72 valence electrons. The third-order valence-electron chi connectivity index (χ3n) is 1.47. The monoisotopic (exact) mass is 173 g/mol. The molecule has 0 rings (SSSR count). The lowest BCUT2D eigenvalue weighted by molar-refractivity contribution is 0.150. The highest BCUT2D eigenvalue weighted by Crippen LogP contribution is 1.86. The Hall–Kier alpha value is -0.380. The van der Waals surface area contributed by atoms with Crippen LogP contribution in [0.1, 0.15) is 13.8 Å². The fourth-order valence-electron chi connectivity index (χ4n) is 0.702. The second-order valence-electron chi connectivity index (χ2n) is 2.61. The van der Waals surface area contributed by atoms with Crippen LogP contribution in [0.25, 0.3) is 0 Å². The van der Waals surface area contributed by atoms with Crippen molar-refractivity contribution in [1.82, 2.24) is 5.32 Å². The molecule has 0 aromatic carbocycles. The summed E-state index contributed by atoms with van der Waals surface area (Å²) in [4.78, 5) is 0. The fourth-order valence-corrected chi connectivity index (χ4v) is 0.702. The van der Waals surface area contributed by atoms with E-state index in [4.69, 9.17) is 9.84 Å². The molecule has 0 saturated carbocycles. The quantitative estimate of drug-likeness (QED) is 0.436. The molecule has 0 aliphatic carbocycles. The van der Waals surface area contributed by atoms with Crippen LogP contribution in [0, 0.1) is 0 Å². The SMILES string of the molecule is CCOCCNC/C=C(/C)CO. The Labute approximate surface area is 74.4 Å². The van der Waals surface area contributed by atoms with Crippen LogP contribution in [-0.4, -0.2) is 38.0 Å². The van der Waals surface area contributed by atoms with Crippen molar-refractivity contribution >= 4 is 0 Å². The second-order valence-corrected chi connectivity index (χ2v) is 2.61. The van der Waals surface area contributed by atoms with Crippen LogP contribution >= 0.6 is 0 Å². The van der Waals surface area contributed by atoms with Gasteiger partial charge in [0.15, 0.2) is 0 Å². The van der Waals surface area contributed by atoms with E-state index in [2.05, 4.69) is 5.32 Å². The molecule has 0 aromatic rings. The van der Waals surface area contributed by atoms with Gasteiger partial charge in [-0.1, -0.05) is 11.6 Å². The standard InChI is InChI=1S/C9H19NO2/c1-3-12-7-6-10-5-4-9(2)8-11/h4,10-11H,3,5-8H2,1-2H3/b9-4-. The van der Waals surface area contributed by atoms with Crippen molar-refractivity contribution in [3.05, 3.63) is 11.6 Å². The van der Waals surface area contributed by atoms with Crippen molar-refractivity contribution in [3.8, 4) is 0 Å². The van der Waals surface area contributed by atoms with E-state index < -0.39 is 0 Å². The van der Waals surface area contributed by atoms with Crippen LogP contribution in [0.4, 0.5) is 0 Å². The molecule has 12 heavy (non-hydrogen) atoms. The molecule has 0 bridgehead atoms. The van der Waals surface area contributed by atoms with Crippen molar-refractivity contribution in [2.45, 2.75) is 13.8 Å². The molecule has 0 saturated heterocycles.